The lowest BCUT2D eigenvalue weighted by Gasteiger charge is -2.13. The fraction of sp³-hybridized carbons (Fsp3) is 0.312. The molecule has 0 radical (unpaired) electrons. The third-order valence-corrected chi connectivity index (χ3v) is 4.49. The zero-order valence-electron chi connectivity index (χ0n) is 14.0. The molecule has 0 aliphatic rings. The number of nitrogens with one attached hydrogen (secondary N) is 2. The lowest BCUT2D eigenvalue weighted by molar-refractivity contribution is 0.392. The second kappa shape index (κ2) is 7.39. The summed E-state index contributed by atoms with van der Waals surface area (Å²) in [5, 5.41) is 3.18. The van der Waals surface area contributed by atoms with Crippen LogP contribution in [0.1, 0.15) is 13.8 Å². The van der Waals surface area contributed by atoms with Gasteiger partial charge in [-0.3, -0.25) is 4.72 Å². The van der Waals surface area contributed by atoms with E-state index in [1.807, 2.05) is 13.8 Å². The van der Waals surface area contributed by atoms with Crippen molar-refractivity contribution >= 4 is 21.5 Å². The standard InChI is InChI=1S/C16H21N3O4S/c1-11(2)18-12-5-8-16(17-10-12)19-24(20,21)15-9-13(22-3)6-7-14(15)23-4/h5-11,18H,1-4H3,(H,17,19). The highest BCUT2D eigenvalue weighted by atomic mass is 32.2. The molecular weight excluding hydrogens is 330 g/mol. The molecule has 0 saturated carbocycles. The number of rotatable bonds is 7. The second-order valence-electron chi connectivity index (χ2n) is 5.35. The third-order valence-electron chi connectivity index (χ3n) is 3.12. The Labute approximate surface area is 142 Å². The van der Waals surface area contributed by atoms with Crippen LogP contribution in [0.25, 0.3) is 0 Å². The number of hydrogen-bond donors (Lipinski definition) is 2. The van der Waals surface area contributed by atoms with Gasteiger partial charge >= 0.3 is 0 Å². The van der Waals surface area contributed by atoms with Crippen LogP contribution in [0.2, 0.25) is 0 Å². The van der Waals surface area contributed by atoms with E-state index in [1.165, 1.54) is 26.4 Å². The minimum absolute atomic E-state index is 0.0180. The van der Waals surface area contributed by atoms with Crippen molar-refractivity contribution in [2.24, 2.45) is 0 Å². The van der Waals surface area contributed by atoms with E-state index in [0.29, 0.717) is 5.75 Å². The molecule has 2 aromatic rings. The van der Waals surface area contributed by atoms with Gasteiger partial charge in [-0.2, -0.15) is 0 Å². The molecule has 0 bridgehead atoms. The van der Waals surface area contributed by atoms with E-state index in [-0.39, 0.29) is 22.5 Å². The Morgan fingerprint density at radius 1 is 1.08 bits per heavy atom. The van der Waals surface area contributed by atoms with Gasteiger partial charge in [-0.05, 0) is 38.1 Å². The van der Waals surface area contributed by atoms with Gasteiger partial charge in [0.15, 0.2) is 0 Å². The summed E-state index contributed by atoms with van der Waals surface area (Å²) >= 11 is 0. The molecular formula is C16H21N3O4S. The molecule has 0 unspecified atom stereocenters. The van der Waals surface area contributed by atoms with Crippen molar-refractivity contribution in [1.82, 2.24) is 4.98 Å². The molecule has 0 fully saturated rings. The average Bonchev–Trinajstić information content (AvgIpc) is 2.55. The Bertz CT molecular complexity index is 789. The fourth-order valence-corrected chi connectivity index (χ4v) is 3.25. The van der Waals surface area contributed by atoms with Crippen LogP contribution in [0.5, 0.6) is 11.5 Å². The molecule has 8 heteroatoms. The summed E-state index contributed by atoms with van der Waals surface area (Å²) in [5.74, 6) is 0.858. The number of anilines is 2. The monoisotopic (exact) mass is 351 g/mol. The van der Waals surface area contributed by atoms with Crippen molar-refractivity contribution in [3.8, 4) is 11.5 Å². The Morgan fingerprint density at radius 2 is 1.83 bits per heavy atom. The predicted molar refractivity (Wildman–Crippen MR) is 93.4 cm³/mol. The van der Waals surface area contributed by atoms with Crippen molar-refractivity contribution in [3.05, 3.63) is 36.5 Å². The highest BCUT2D eigenvalue weighted by Crippen LogP contribution is 2.29. The van der Waals surface area contributed by atoms with Crippen LogP contribution in [0.4, 0.5) is 11.5 Å². The van der Waals surface area contributed by atoms with Crippen molar-refractivity contribution < 1.29 is 17.9 Å². The normalized spacial score (nSPS) is 11.2. The summed E-state index contributed by atoms with van der Waals surface area (Å²) < 4.78 is 37.9. The van der Waals surface area contributed by atoms with Crippen LogP contribution >= 0.6 is 0 Å². The van der Waals surface area contributed by atoms with Crippen molar-refractivity contribution in [1.29, 1.82) is 0 Å². The molecule has 24 heavy (non-hydrogen) atoms. The van der Waals surface area contributed by atoms with Gasteiger partial charge in [-0.1, -0.05) is 0 Å². The summed E-state index contributed by atoms with van der Waals surface area (Å²) in [6, 6.07) is 8.17. The highest BCUT2D eigenvalue weighted by Gasteiger charge is 2.21. The number of benzene rings is 1. The van der Waals surface area contributed by atoms with E-state index < -0.39 is 10.0 Å². The van der Waals surface area contributed by atoms with E-state index in [0.717, 1.165) is 5.69 Å². The number of aromatic nitrogens is 1. The summed E-state index contributed by atoms with van der Waals surface area (Å²) in [7, 11) is -0.988. The van der Waals surface area contributed by atoms with Gasteiger partial charge < -0.3 is 14.8 Å². The van der Waals surface area contributed by atoms with Gasteiger partial charge in [0.1, 0.15) is 22.2 Å². The first kappa shape index (κ1) is 17.9. The van der Waals surface area contributed by atoms with Gasteiger partial charge in [0, 0.05) is 12.1 Å². The summed E-state index contributed by atoms with van der Waals surface area (Å²) in [5.41, 5.74) is 0.812. The minimum Gasteiger partial charge on any atom is -0.497 e. The SMILES string of the molecule is COc1ccc(OC)c(S(=O)(=O)Nc2ccc(NC(C)C)cn2)c1. The van der Waals surface area contributed by atoms with Crippen molar-refractivity contribution in [2.75, 3.05) is 24.3 Å². The lowest BCUT2D eigenvalue weighted by atomic mass is 10.3. The Morgan fingerprint density at radius 3 is 2.38 bits per heavy atom. The first-order valence-corrected chi connectivity index (χ1v) is 8.81. The smallest absolute Gasteiger partial charge is 0.266 e. The van der Waals surface area contributed by atoms with Crippen molar-refractivity contribution in [2.45, 2.75) is 24.8 Å². The lowest BCUT2D eigenvalue weighted by Crippen LogP contribution is -2.15. The van der Waals surface area contributed by atoms with Crippen LogP contribution in [-0.2, 0) is 10.0 Å². The molecule has 0 saturated heterocycles. The number of pyridine rings is 1. The van der Waals surface area contributed by atoms with E-state index in [4.69, 9.17) is 9.47 Å². The van der Waals surface area contributed by atoms with Crippen LogP contribution in [0, 0.1) is 0 Å². The zero-order valence-corrected chi connectivity index (χ0v) is 14.8. The number of methoxy groups -OCH3 is 2. The molecule has 1 aromatic heterocycles. The van der Waals surface area contributed by atoms with Crippen molar-refractivity contribution in [3.63, 3.8) is 0 Å². The van der Waals surface area contributed by atoms with E-state index in [9.17, 15) is 8.42 Å². The van der Waals surface area contributed by atoms with Crippen LogP contribution in [0.3, 0.4) is 0 Å². The van der Waals surface area contributed by atoms with Gasteiger partial charge in [-0.15, -0.1) is 0 Å². The van der Waals surface area contributed by atoms with E-state index in [2.05, 4.69) is 15.0 Å². The fourth-order valence-electron chi connectivity index (χ4n) is 2.06. The quantitative estimate of drug-likeness (QED) is 0.797. The largest absolute Gasteiger partial charge is 0.497 e. The van der Waals surface area contributed by atoms with Crippen LogP contribution < -0.4 is 19.5 Å². The first-order chi connectivity index (χ1) is 11.4. The van der Waals surface area contributed by atoms with Crippen LogP contribution in [-0.4, -0.2) is 33.7 Å². The number of hydrogen-bond acceptors (Lipinski definition) is 6. The maximum absolute atomic E-state index is 12.6. The average molecular weight is 351 g/mol. The molecule has 0 aliphatic carbocycles. The van der Waals surface area contributed by atoms with E-state index in [1.54, 1.807) is 24.4 Å². The van der Waals surface area contributed by atoms with Gasteiger partial charge in [-0.25, -0.2) is 13.4 Å². The summed E-state index contributed by atoms with van der Waals surface area (Å²) in [6.07, 6.45) is 1.57. The topological polar surface area (TPSA) is 89.5 Å². The molecule has 1 heterocycles. The molecule has 0 aliphatic heterocycles. The van der Waals surface area contributed by atoms with Gasteiger partial charge in [0.2, 0.25) is 0 Å². The Kier molecular flexibility index (Phi) is 5.50. The highest BCUT2D eigenvalue weighted by molar-refractivity contribution is 7.92. The minimum atomic E-state index is -3.86. The first-order valence-electron chi connectivity index (χ1n) is 7.33. The van der Waals surface area contributed by atoms with E-state index >= 15 is 0 Å². The molecule has 0 atom stereocenters. The third kappa shape index (κ3) is 4.29. The Hall–Kier alpha value is -2.48. The zero-order chi connectivity index (χ0) is 17.7. The summed E-state index contributed by atoms with van der Waals surface area (Å²) in [6.45, 7) is 4.01. The molecule has 1 aromatic carbocycles. The predicted octanol–water partition coefficient (Wildman–Crippen LogP) is 2.72. The van der Waals surface area contributed by atoms with Gasteiger partial charge in [0.05, 0.1) is 26.1 Å². The number of sulfonamides is 1. The molecule has 0 amide bonds. The summed E-state index contributed by atoms with van der Waals surface area (Å²) in [4.78, 5) is 4.10. The molecule has 7 nitrogen and oxygen atoms in total. The van der Waals surface area contributed by atoms with Crippen LogP contribution in [0.15, 0.2) is 41.4 Å². The number of nitrogens with zero attached hydrogens (tertiary/aromatic N) is 1. The van der Waals surface area contributed by atoms with Gasteiger partial charge in [0.25, 0.3) is 10.0 Å². The maximum Gasteiger partial charge on any atom is 0.266 e. The number of ether oxygens (including phenoxy) is 2. The molecule has 130 valence electrons. The second-order valence-corrected chi connectivity index (χ2v) is 7.00. The molecule has 2 rings (SSSR count). The molecule has 0 spiro atoms. The maximum atomic E-state index is 12.6. The Balaban J connectivity index is 2.28. The molecule has 2 N–H and O–H groups in total.